The van der Waals surface area contributed by atoms with Crippen LogP contribution in [-0.4, -0.2) is 38.4 Å². The number of nitrogens with zero attached hydrogens (tertiary/aromatic N) is 3. The first-order valence-corrected chi connectivity index (χ1v) is 13.5. The molecule has 1 saturated carbocycles. The predicted molar refractivity (Wildman–Crippen MR) is 148 cm³/mol. The number of nitrogens with one attached hydrogen (secondary N) is 1. The van der Waals surface area contributed by atoms with Crippen molar-refractivity contribution in [2.24, 2.45) is 11.8 Å². The number of H-pyrrole nitrogens is 1. The number of hydrogen-bond acceptors (Lipinski definition) is 2. The zero-order chi connectivity index (χ0) is 24.2. The van der Waals surface area contributed by atoms with Crippen LogP contribution >= 0.6 is 15.9 Å². The molecule has 180 valence electrons. The van der Waals surface area contributed by atoms with E-state index in [0.29, 0.717) is 17.7 Å². The van der Waals surface area contributed by atoms with E-state index in [-0.39, 0.29) is 0 Å². The highest BCUT2D eigenvalue weighted by molar-refractivity contribution is 9.10. The molecule has 1 N–H and O–H groups in total. The van der Waals surface area contributed by atoms with E-state index in [1.807, 2.05) is 6.20 Å². The van der Waals surface area contributed by atoms with E-state index in [1.54, 1.807) is 0 Å². The Hall–Kier alpha value is -3.38. The van der Waals surface area contributed by atoms with Gasteiger partial charge in [-0.1, -0.05) is 52.3 Å². The molecular weight excluding hydrogens is 512 g/mol. The predicted octanol–water partition coefficient (Wildman–Crippen LogP) is 6.87. The van der Waals surface area contributed by atoms with Crippen LogP contribution in [0.5, 0.6) is 0 Å². The van der Waals surface area contributed by atoms with Crippen molar-refractivity contribution >= 4 is 43.8 Å². The first-order valence-electron chi connectivity index (χ1n) is 12.7. The lowest BCUT2D eigenvalue weighted by atomic mass is 10.0. The topological polar surface area (TPSA) is 53.9 Å². The SMILES string of the molecule is O=C(C1CC1)N1CCC(Cn2c(-c3ccc(-c4ccc5cc[nH]c5c4)cc3)nc3ccc(Br)cc32)C1. The van der Waals surface area contributed by atoms with Gasteiger partial charge in [-0.25, -0.2) is 4.98 Å². The average molecular weight is 539 g/mol. The molecule has 5 nitrogen and oxygen atoms in total. The van der Waals surface area contributed by atoms with Gasteiger partial charge in [-0.15, -0.1) is 0 Å². The lowest BCUT2D eigenvalue weighted by Gasteiger charge is -2.18. The number of aromatic amines is 1. The van der Waals surface area contributed by atoms with Gasteiger partial charge >= 0.3 is 0 Å². The fourth-order valence-corrected chi connectivity index (χ4v) is 5.92. The van der Waals surface area contributed by atoms with Gasteiger partial charge in [-0.3, -0.25) is 4.79 Å². The summed E-state index contributed by atoms with van der Waals surface area (Å²) in [6.45, 7) is 2.59. The maximum absolute atomic E-state index is 12.6. The maximum atomic E-state index is 12.6. The zero-order valence-electron chi connectivity index (χ0n) is 20.0. The third kappa shape index (κ3) is 3.94. The first-order chi connectivity index (χ1) is 17.6. The van der Waals surface area contributed by atoms with Crippen LogP contribution in [0.3, 0.4) is 0 Å². The third-order valence-corrected chi connectivity index (χ3v) is 8.20. The van der Waals surface area contributed by atoms with Crippen LogP contribution in [0.1, 0.15) is 19.3 Å². The third-order valence-electron chi connectivity index (χ3n) is 7.71. The number of amides is 1. The largest absolute Gasteiger partial charge is 0.361 e. The van der Waals surface area contributed by atoms with Crippen molar-refractivity contribution in [3.05, 3.63) is 77.4 Å². The summed E-state index contributed by atoms with van der Waals surface area (Å²) in [6, 6.07) is 23.6. The van der Waals surface area contributed by atoms with Crippen LogP contribution < -0.4 is 0 Å². The molecule has 2 aliphatic rings. The summed E-state index contributed by atoms with van der Waals surface area (Å²) < 4.78 is 3.41. The van der Waals surface area contributed by atoms with E-state index >= 15 is 0 Å². The lowest BCUT2D eigenvalue weighted by Crippen LogP contribution is -2.30. The molecule has 2 aromatic heterocycles. The van der Waals surface area contributed by atoms with Gasteiger partial charge in [-0.2, -0.15) is 0 Å². The Morgan fingerprint density at radius 1 is 0.944 bits per heavy atom. The molecule has 0 radical (unpaired) electrons. The standard InChI is InChI=1S/C30H27BrN4O/c31-25-9-10-26-28(16-25)35(18-19-12-14-34(17-19)30(36)23-6-7-23)29(33-26)22-4-1-20(2-5-22)24-8-3-21-11-13-32-27(21)15-24/h1-5,8-11,13,15-16,19,23,32H,6-7,12,14,17-18H2. The highest BCUT2D eigenvalue weighted by Gasteiger charge is 2.36. The summed E-state index contributed by atoms with van der Waals surface area (Å²) in [5, 5.41) is 1.22. The Bertz CT molecular complexity index is 1590. The van der Waals surface area contributed by atoms with Crippen LogP contribution in [0.25, 0.3) is 44.5 Å². The number of benzene rings is 3. The van der Waals surface area contributed by atoms with Crippen molar-refractivity contribution in [1.29, 1.82) is 0 Å². The summed E-state index contributed by atoms with van der Waals surface area (Å²) in [4.78, 5) is 23.1. The molecule has 5 aromatic rings. The Morgan fingerprint density at radius 2 is 1.75 bits per heavy atom. The highest BCUT2D eigenvalue weighted by Crippen LogP contribution is 2.35. The average Bonchev–Trinajstić information content (AvgIpc) is 3.30. The molecule has 1 saturated heterocycles. The molecule has 1 atom stereocenters. The van der Waals surface area contributed by atoms with E-state index in [4.69, 9.17) is 4.98 Å². The van der Waals surface area contributed by atoms with Crippen molar-refractivity contribution in [3.63, 3.8) is 0 Å². The van der Waals surface area contributed by atoms with Crippen LogP contribution in [0.2, 0.25) is 0 Å². The Balaban J connectivity index is 1.21. The summed E-state index contributed by atoms with van der Waals surface area (Å²) in [6.07, 6.45) is 5.16. The fraction of sp³-hybridized carbons (Fsp3) is 0.267. The maximum Gasteiger partial charge on any atom is 0.225 e. The van der Waals surface area contributed by atoms with Gasteiger partial charge in [0.25, 0.3) is 0 Å². The van der Waals surface area contributed by atoms with Gasteiger partial charge in [0.15, 0.2) is 0 Å². The fourth-order valence-electron chi connectivity index (χ4n) is 5.57. The lowest BCUT2D eigenvalue weighted by molar-refractivity contribution is -0.131. The molecule has 6 heteroatoms. The number of carbonyl (C=O) groups excluding carboxylic acids is 1. The molecule has 0 bridgehead atoms. The molecule has 3 aromatic carbocycles. The summed E-state index contributed by atoms with van der Waals surface area (Å²) >= 11 is 3.65. The second-order valence-corrected chi connectivity index (χ2v) is 11.2. The number of halogens is 1. The van der Waals surface area contributed by atoms with Crippen molar-refractivity contribution in [2.75, 3.05) is 13.1 Å². The normalized spacial score (nSPS) is 17.9. The van der Waals surface area contributed by atoms with Crippen LogP contribution in [0, 0.1) is 11.8 Å². The van der Waals surface area contributed by atoms with Gasteiger partial charge in [0.05, 0.1) is 11.0 Å². The second kappa shape index (κ2) is 8.63. The highest BCUT2D eigenvalue weighted by atomic mass is 79.9. The Kier molecular flexibility index (Phi) is 5.24. The van der Waals surface area contributed by atoms with Crippen molar-refractivity contribution in [2.45, 2.75) is 25.8 Å². The monoisotopic (exact) mass is 538 g/mol. The van der Waals surface area contributed by atoms with Crippen molar-refractivity contribution in [3.8, 4) is 22.5 Å². The number of likely N-dealkylation sites (tertiary alicyclic amines) is 1. The molecule has 1 unspecified atom stereocenters. The van der Waals surface area contributed by atoms with E-state index in [0.717, 1.165) is 71.3 Å². The zero-order valence-corrected chi connectivity index (χ0v) is 21.5. The molecule has 1 aliphatic heterocycles. The first kappa shape index (κ1) is 21.9. The number of imidazole rings is 1. The van der Waals surface area contributed by atoms with Gasteiger partial charge < -0.3 is 14.5 Å². The van der Waals surface area contributed by atoms with Gasteiger partial charge in [-0.05, 0) is 72.0 Å². The number of carbonyl (C=O) groups is 1. The number of fused-ring (bicyclic) bond motifs is 2. The van der Waals surface area contributed by atoms with E-state index < -0.39 is 0 Å². The minimum Gasteiger partial charge on any atom is -0.361 e. The Morgan fingerprint density at radius 3 is 2.58 bits per heavy atom. The minimum atomic E-state index is 0.292. The van der Waals surface area contributed by atoms with Crippen LogP contribution in [-0.2, 0) is 11.3 Å². The summed E-state index contributed by atoms with van der Waals surface area (Å²) in [5.74, 6) is 2.08. The summed E-state index contributed by atoms with van der Waals surface area (Å²) in [7, 11) is 0. The smallest absolute Gasteiger partial charge is 0.225 e. The molecule has 2 fully saturated rings. The molecule has 3 heterocycles. The molecule has 7 rings (SSSR count). The van der Waals surface area contributed by atoms with Crippen LogP contribution in [0.15, 0.2) is 77.4 Å². The second-order valence-electron chi connectivity index (χ2n) is 10.2. The quantitative estimate of drug-likeness (QED) is 0.265. The number of aromatic nitrogens is 3. The van der Waals surface area contributed by atoms with E-state index in [9.17, 15) is 4.79 Å². The Labute approximate surface area is 218 Å². The molecule has 1 aliphatic carbocycles. The van der Waals surface area contributed by atoms with Gasteiger partial charge in [0.2, 0.25) is 5.91 Å². The number of rotatable bonds is 5. The number of hydrogen-bond donors (Lipinski definition) is 1. The van der Waals surface area contributed by atoms with Crippen LogP contribution in [0.4, 0.5) is 0 Å². The molecule has 0 spiro atoms. The van der Waals surface area contributed by atoms with Gasteiger partial charge in [0, 0.05) is 47.3 Å². The van der Waals surface area contributed by atoms with Crippen molar-refractivity contribution < 1.29 is 4.79 Å². The summed E-state index contributed by atoms with van der Waals surface area (Å²) in [5.41, 5.74) is 6.77. The molecule has 1 amide bonds. The van der Waals surface area contributed by atoms with E-state index in [2.05, 4.69) is 97.1 Å². The van der Waals surface area contributed by atoms with Gasteiger partial charge in [0.1, 0.15) is 5.82 Å². The molecular formula is C30H27BrN4O. The van der Waals surface area contributed by atoms with Crippen molar-refractivity contribution in [1.82, 2.24) is 19.4 Å². The molecule has 36 heavy (non-hydrogen) atoms. The van der Waals surface area contributed by atoms with E-state index in [1.165, 1.54) is 16.5 Å². The minimum absolute atomic E-state index is 0.292.